The Balaban J connectivity index is 2.29. The second-order valence-corrected chi connectivity index (χ2v) is 3.81. The summed E-state index contributed by atoms with van der Waals surface area (Å²) in [5.74, 6) is -1.02. The van der Waals surface area contributed by atoms with Crippen LogP contribution < -0.4 is 0 Å². The number of aliphatic carboxylic acids is 1. The van der Waals surface area contributed by atoms with Crippen LogP contribution in [0, 0.1) is 0 Å². The summed E-state index contributed by atoms with van der Waals surface area (Å²) in [6, 6.07) is 2.49. The Morgan fingerprint density at radius 1 is 1.62 bits per heavy atom. The molecule has 1 heterocycles. The Labute approximate surface area is 92.7 Å². The number of hydrogen-bond acceptors (Lipinski definition) is 3. The molecular formula is C11H12N2O3. The highest BCUT2D eigenvalue weighted by molar-refractivity contribution is 5.78. The molecule has 1 N–H and O–H groups in total. The van der Waals surface area contributed by atoms with Crippen LogP contribution in [0.25, 0.3) is 0 Å². The lowest BCUT2D eigenvalue weighted by Crippen LogP contribution is -2.34. The predicted octanol–water partition coefficient (Wildman–Crippen LogP) is 0.828. The molecule has 1 unspecified atom stereocenters. The summed E-state index contributed by atoms with van der Waals surface area (Å²) < 4.78 is 0. The molecule has 1 fully saturated rings. The molecule has 5 nitrogen and oxygen atoms in total. The number of amides is 1. The first-order chi connectivity index (χ1) is 7.74. The average Bonchev–Trinajstić information content (AvgIpc) is 3.10. The van der Waals surface area contributed by atoms with Gasteiger partial charge >= 0.3 is 5.97 Å². The van der Waals surface area contributed by atoms with Crippen LogP contribution in [0.3, 0.4) is 0 Å². The van der Waals surface area contributed by atoms with E-state index < -0.39 is 12.0 Å². The molecule has 0 aromatic carbocycles. The summed E-state index contributed by atoms with van der Waals surface area (Å²) in [6.45, 7) is 0. The van der Waals surface area contributed by atoms with Crippen molar-refractivity contribution in [3.63, 3.8) is 0 Å². The molecular weight excluding hydrogens is 208 g/mol. The number of pyridine rings is 1. The second kappa shape index (κ2) is 4.30. The van der Waals surface area contributed by atoms with Crippen molar-refractivity contribution in [1.82, 2.24) is 9.88 Å². The van der Waals surface area contributed by atoms with Gasteiger partial charge in [0.1, 0.15) is 0 Å². The lowest BCUT2D eigenvalue weighted by Gasteiger charge is -2.24. The van der Waals surface area contributed by atoms with E-state index in [0.717, 1.165) is 12.8 Å². The average molecular weight is 220 g/mol. The molecule has 1 aliphatic rings. The van der Waals surface area contributed by atoms with Gasteiger partial charge in [0, 0.05) is 24.0 Å². The van der Waals surface area contributed by atoms with E-state index in [4.69, 9.17) is 0 Å². The molecule has 0 bridgehead atoms. The van der Waals surface area contributed by atoms with Crippen LogP contribution >= 0.6 is 0 Å². The van der Waals surface area contributed by atoms with E-state index in [0.29, 0.717) is 12.0 Å². The minimum Gasteiger partial charge on any atom is -0.479 e. The Kier molecular flexibility index (Phi) is 2.85. The molecule has 1 amide bonds. The predicted molar refractivity (Wildman–Crippen MR) is 55.5 cm³/mol. The second-order valence-electron chi connectivity index (χ2n) is 3.81. The molecule has 1 aromatic heterocycles. The summed E-state index contributed by atoms with van der Waals surface area (Å²) in [6.07, 6.45) is 5.43. The molecule has 84 valence electrons. The van der Waals surface area contributed by atoms with Gasteiger partial charge in [0.2, 0.25) is 6.41 Å². The lowest BCUT2D eigenvalue weighted by atomic mass is 10.1. The Morgan fingerprint density at radius 2 is 2.38 bits per heavy atom. The van der Waals surface area contributed by atoms with Gasteiger partial charge in [0.15, 0.2) is 6.04 Å². The number of carboxylic acid groups (broad SMARTS) is 1. The summed E-state index contributed by atoms with van der Waals surface area (Å²) in [4.78, 5) is 27.4. The third-order valence-corrected chi connectivity index (χ3v) is 2.62. The van der Waals surface area contributed by atoms with E-state index in [2.05, 4.69) is 4.98 Å². The summed E-state index contributed by atoms with van der Waals surface area (Å²) >= 11 is 0. The Hall–Kier alpha value is -1.91. The first kappa shape index (κ1) is 10.6. The van der Waals surface area contributed by atoms with Crippen molar-refractivity contribution in [1.29, 1.82) is 0 Å². The third-order valence-electron chi connectivity index (χ3n) is 2.62. The zero-order valence-corrected chi connectivity index (χ0v) is 8.61. The van der Waals surface area contributed by atoms with Crippen molar-refractivity contribution in [2.24, 2.45) is 0 Å². The van der Waals surface area contributed by atoms with Gasteiger partial charge < -0.3 is 10.0 Å². The van der Waals surface area contributed by atoms with Crippen LogP contribution in [-0.4, -0.2) is 33.4 Å². The van der Waals surface area contributed by atoms with Crippen molar-refractivity contribution in [3.05, 3.63) is 30.1 Å². The quantitative estimate of drug-likeness (QED) is 0.746. The number of carbonyl (C=O) groups excluding carboxylic acids is 1. The summed E-state index contributed by atoms with van der Waals surface area (Å²) in [5.41, 5.74) is 0.536. The lowest BCUT2D eigenvalue weighted by molar-refractivity contribution is -0.147. The normalized spacial score (nSPS) is 16.5. The zero-order chi connectivity index (χ0) is 11.5. The van der Waals surface area contributed by atoms with Crippen LogP contribution in [-0.2, 0) is 9.59 Å². The van der Waals surface area contributed by atoms with Gasteiger partial charge in [-0.1, -0.05) is 6.07 Å². The molecule has 0 aliphatic heterocycles. The van der Waals surface area contributed by atoms with Crippen molar-refractivity contribution < 1.29 is 14.7 Å². The van der Waals surface area contributed by atoms with E-state index in [1.54, 1.807) is 18.3 Å². The maximum atomic E-state index is 11.2. The fourth-order valence-electron chi connectivity index (χ4n) is 1.71. The summed E-state index contributed by atoms with van der Waals surface area (Å²) in [5, 5.41) is 9.18. The van der Waals surface area contributed by atoms with Crippen LogP contribution in [0.15, 0.2) is 24.5 Å². The molecule has 1 atom stereocenters. The van der Waals surface area contributed by atoms with Crippen LogP contribution in [0.2, 0.25) is 0 Å². The van der Waals surface area contributed by atoms with Gasteiger partial charge in [-0.2, -0.15) is 0 Å². The highest BCUT2D eigenvalue weighted by Gasteiger charge is 2.37. The Bertz CT molecular complexity index is 389. The van der Waals surface area contributed by atoms with Crippen LogP contribution in [0.4, 0.5) is 0 Å². The van der Waals surface area contributed by atoms with Gasteiger partial charge in [0.05, 0.1) is 0 Å². The first-order valence-corrected chi connectivity index (χ1v) is 5.09. The maximum Gasteiger partial charge on any atom is 0.331 e. The fraction of sp³-hybridized carbons (Fsp3) is 0.364. The molecule has 1 aliphatic carbocycles. The monoisotopic (exact) mass is 220 g/mol. The van der Waals surface area contributed by atoms with Gasteiger partial charge in [0.25, 0.3) is 0 Å². The highest BCUT2D eigenvalue weighted by atomic mass is 16.4. The molecule has 0 spiro atoms. The van der Waals surface area contributed by atoms with Crippen molar-refractivity contribution in [2.45, 2.75) is 24.9 Å². The van der Waals surface area contributed by atoms with Crippen molar-refractivity contribution >= 4 is 12.4 Å². The molecule has 1 saturated carbocycles. The minimum absolute atomic E-state index is 0.0683. The molecule has 2 rings (SSSR count). The van der Waals surface area contributed by atoms with E-state index in [1.807, 2.05) is 0 Å². The van der Waals surface area contributed by atoms with Crippen molar-refractivity contribution in [2.75, 3.05) is 0 Å². The zero-order valence-electron chi connectivity index (χ0n) is 8.61. The summed E-state index contributed by atoms with van der Waals surface area (Å²) in [7, 11) is 0. The fourth-order valence-corrected chi connectivity index (χ4v) is 1.71. The highest BCUT2D eigenvalue weighted by Crippen LogP contribution is 2.32. The number of rotatable bonds is 5. The van der Waals surface area contributed by atoms with E-state index >= 15 is 0 Å². The smallest absolute Gasteiger partial charge is 0.331 e. The first-order valence-electron chi connectivity index (χ1n) is 5.09. The number of hydrogen-bond donors (Lipinski definition) is 1. The topological polar surface area (TPSA) is 70.5 Å². The van der Waals surface area contributed by atoms with E-state index in [9.17, 15) is 14.7 Å². The largest absolute Gasteiger partial charge is 0.479 e. The molecule has 0 saturated heterocycles. The van der Waals surface area contributed by atoms with E-state index in [1.165, 1.54) is 11.1 Å². The van der Waals surface area contributed by atoms with Crippen molar-refractivity contribution in [3.8, 4) is 0 Å². The molecule has 0 radical (unpaired) electrons. The van der Waals surface area contributed by atoms with E-state index in [-0.39, 0.29) is 6.04 Å². The minimum atomic E-state index is -1.02. The number of carbonyl (C=O) groups is 2. The standard InChI is InChI=1S/C11H12N2O3/c14-7-13(9-3-4-9)10(11(15)16)8-2-1-5-12-6-8/h1-2,5-7,9-10H,3-4H2,(H,15,16). The Morgan fingerprint density at radius 3 is 2.81 bits per heavy atom. The maximum absolute atomic E-state index is 11.2. The van der Waals surface area contributed by atoms with Gasteiger partial charge in [-0.05, 0) is 18.9 Å². The number of nitrogens with zero attached hydrogens (tertiary/aromatic N) is 2. The SMILES string of the molecule is O=CN(C1CC1)C(C(=O)O)c1cccnc1. The van der Waals surface area contributed by atoms with Gasteiger partial charge in [-0.15, -0.1) is 0 Å². The molecule has 16 heavy (non-hydrogen) atoms. The number of aromatic nitrogens is 1. The third kappa shape index (κ3) is 2.03. The van der Waals surface area contributed by atoms with Gasteiger partial charge in [-0.3, -0.25) is 9.78 Å². The van der Waals surface area contributed by atoms with Gasteiger partial charge in [-0.25, -0.2) is 4.79 Å². The van der Waals surface area contributed by atoms with Crippen LogP contribution in [0.5, 0.6) is 0 Å². The molecule has 1 aromatic rings. The number of carboxylic acids is 1. The van der Waals surface area contributed by atoms with Crippen LogP contribution in [0.1, 0.15) is 24.4 Å². The molecule has 5 heteroatoms.